The largest absolute Gasteiger partial charge is 0.476 e. The van der Waals surface area contributed by atoms with E-state index in [0.717, 1.165) is 0 Å². The third kappa shape index (κ3) is 2.61. The van der Waals surface area contributed by atoms with Gasteiger partial charge in [0.2, 0.25) is 0 Å². The molecule has 0 atom stereocenters. The van der Waals surface area contributed by atoms with Crippen molar-refractivity contribution >= 4 is 17.6 Å². The van der Waals surface area contributed by atoms with Crippen molar-refractivity contribution in [3.05, 3.63) is 46.5 Å². The number of rotatable bonds is 3. The maximum absolute atomic E-state index is 13.5. The molecule has 0 spiro atoms. The number of carboxylic acid groups (broad SMARTS) is 1. The van der Waals surface area contributed by atoms with Gasteiger partial charge in [-0.25, -0.2) is 13.9 Å². The van der Waals surface area contributed by atoms with Gasteiger partial charge >= 0.3 is 5.97 Å². The third-order valence-electron chi connectivity index (χ3n) is 2.70. The van der Waals surface area contributed by atoms with Crippen LogP contribution < -0.4 is 0 Å². The summed E-state index contributed by atoms with van der Waals surface area (Å²) >= 11 is 5.63. The van der Waals surface area contributed by atoms with Gasteiger partial charge < -0.3 is 5.11 Å². The number of aromatic carboxylic acids is 1. The molecule has 1 heterocycles. The molecule has 6 heteroatoms. The first-order valence-electron chi connectivity index (χ1n) is 5.69. The van der Waals surface area contributed by atoms with E-state index in [1.165, 1.54) is 22.9 Å². The van der Waals surface area contributed by atoms with Crippen LogP contribution in [0.2, 0.25) is 5.02 Å². The van der Waals surface area contributed by atoms with Crippen LogP contribution in [0.4, 0.5) is 4.39 Å². The summed E-state index contributed by atoms with van der Waals surface area (Å²) in [5, 5.41) is 13.0. The zero-order chi connectivity index (χ0) is 14.2. The summed E-state index contributed by atoms with van der Waals surface area (Å²) < 4.78 is 14.9. The summed E-state index contributed by atoms with van der Waals surface area (Å²) in [7, 11) is 0. The minimum atomic E-state index is -1.12. The molecule has 0 fully saturated rings. The quantitative estimate of drug-likeness (QED) is 0.937. The van der Waals surface area contributed by atoms with Crippen LogP contribution in [0.3, 0.4) is 0 Å². The highest BCUT2D eigenvalue weighted by Gasteiger charge is 2.17. The van der Waals surface area contributed by atoms with Crippen molar-refractivity contribution in [3.63, 3.8) is 0 Å². The molecular formula is C13H12ClFN2O2. The number of aromatic nitrogens is 2. The molecular weight excluding hydrogens is 271 g/mol. The lowest BCUT2D eigenvalue weighted by Gasteiger charge is -2.10. The second-order valence-electron chi connectivity index (χ2n) is 4.42. The number of benzene rings is 1. The van der Waals surface area contributed by atoms with Crippen molar-refractivity contribution < 1.29 is 14.3 Å². The van der Waals surface area contributed by atoms with Crippen molar-refractivity contribution in [1.82, 2.24) is 9.78 Å². The number of halogens is 2. The lowest BCUT2D eigenvalue weighted by molar-refractivity contribution is 0.0690. The predicted molar refractivity (Wildman–Crippen MR) is 69.6 cm³/mol. The Kier molecular flexibility index (Phi) is 3.57. The Morgan fingerprint density at radius 2 is 2.11 bits per heavy atom. The molecule has 0 amide bonds. The standard InChI is InChI=1S/C13H12ClFN2O2/c1-7(2)12-6-11(13(18)19)16-17(12)8-3-4-9(14)10(15)5-8/h3-7H,1-2H3,(H,18,19). The highest BCUT2D eigenvalue weighted by molar-refractivity contribution is 6.30. The Morgan fingerprint density at radius 1 is 1.42 bits per heavy atom. The van der Waals surface area contributed by atoms with Gasteiger partial charge in [-0.15, -0.1) is 0 Å². The topological polar surface area (TPSA) is 55.1 Å². The number of hydrogen-bond acceptors (Lipinski definition) is 2. The average Bonchev–Trinajstić information content (AvgIpc) is 2.78. The summed E-state index contributed by atoms with van der Waals surface area (Å²) in [5.74, 6) is -1.63. The smallest absolute Gasteiger partial charge is 0.356 e. The van der Waals surface area contributed by atoms with Crippen LogP contribution in [0.15, 0.2) is 24.3 Å². The fraction of sp³-hybridized carbons (Fsp3) is 0.231. The van der Waals surface area contributed by atoms with Crippen LogP contribution in [-0.2, 0) is 0 Å². The number of carbonyl (C=O) groups is 1. The first-order valence-corrected chi connectivity index (χ1v) is 6.06. The van der Waals surface area contributed by atoms with Gasteiger partial charge in [0.05, 0.1) is 10.7 Å². The van der Waals surface area contributed by atoms with Crippen molar-refractivity contribution in [2.24, 2.45) is 0 Å². The zero-order valence-corrected chi connectivity index (χ0v) is 11.1. The number of nitrogens with zero attached hydrogens (tertiary/aromatic N) is 2. The highest BCUT2D eigenvalue weighted by Crippen LogP contribution is 2.23. The lowest BCUT2D eigenvalue weighted by Crippen LogP contribution is -2.05. The molecule has 0 radical (unpaired) electrons. The number of carboxylic acids is 1. The monoisotopic (exact) mass is 282 g/mol. The SMILES string of the molecule is CC(C)c1cc(C(=O)O)nn1-c1ccc(Cl)c(F)c1. The minimum absolute atomic E-state index is 0.0143. The summed E-state index contributed by atoms with van der Waals surface area (Å²) in [6.07, 6.45) is 0. The van der Waals surface area contributed by atoms with Gasteiger partial charge in [-0.2, -0.15) is 5.10 Å². The molecule has 0 aliphatic heterocycles. The first-order chi connectivity index (χ1) is 8.90. The van der Waals surface area contributed by atoms with Gasteiger partial charge in [0, 0.05) is 11.8 Å². The van der Waals surface area contributed by atoms with Crippen molar-refractivity contribution in [3.8, 4) is 5.69 Å². The van der Waals surface area contributed by atoms with Crippen LogP contribution in [0, 0.1) is 5.82 Å². The molecule has 0 aliphatic rings. The maximum atomic E-state index is 13.5. The van der Waals surface area contributed by atoms with E-state index in [4.69, 9.17) is 16.7 Å². The molecule has 0 aliphatic carbocycles. The fourth-order valence-corrected chi connectivity index (χ4v) is 1.85. The van der Waals surface area contributed by atoms with Gasteiger partial charge in [-0.05, 0) is 24.1 Å². The molecule has 1 aromatic carbocycles. The molecule has 100 valence electrons. The zero-order valence-electron chi connectivity index (χ0n) is 10.4. The highest BCUT2D eigenvalue weighted by atomic mass is 35.5. The van der Waals surface area contributed by atoms with E-state index in [9.17, 15) is 9.18 Å². The van der Waals surface area contributed by atoms with E-state index in [1.54, 1.807) is 6.07 Å². The Bertz CT molecular complexity index is 638. The normalized spacial score (nSPS) is 11.0. The van der Waals surface area contributed by atoms with E-state index in [2.05, 4.69) is 5.10 Å². The summed E-state index contributed by atoms with van der Waals surface area (Å²) in [5.41, 5.74) is 1.07. The summed E-state index contributed by atoms with van der Waals surface area (Å²) in [6, 6.07) is 5.72. The first kappa shape index (κ1) is 13.5. The van der Waals surface area contributed by atoms with Gasteiger partial charge in [0.25, 0.3) is 0 Å². The molecule has 1 N–H and O–H groups in total. The molecule has 4 nitrogen and oxygen atoms in total. The molecule has 0 saturated carbocycles. The number of hydrogen-bond donors (Lipinski definition) is 1. The lowest BCUT2D eigenvalue weighted by atomic mass is 10.1. The van der Waals surface area contributed by atoms with Crippen LogP contribution >= 0.6 is 11.6 Å². The molecule has 0 saturated heterocycles. The van der Waals surface area contributed by atoms with Gasteiger partial charge in [-0.1, -0.05) is 25.4 Å². The molecule has 19 heavy (non-hydrogen) atoms. The Labute approximate surface area is 114 Å². The van der Waals surface area contributed by atoms with Gasteiger partial charge in [0.1, 0.15) is 5.82 Å². The van der Waals surface area contributed by atoms with E-state index in [0.29, 0.717) is 11.4 Å². The van der Waals surface area contributed by atoms with Crippen LogP contribution in [0.5, 0.6) is 0 Å². The molecule has 1 aromatic heterocycles. The van der Waals surface area contributed by atoms with Crippen LogP contribution in [0.1, 0.15) is 35.9 Å². The van der Waals surface area contributed by atoms with E-state index in [-0.39, 0.29) is 16.6 Å². The van der Waals surface area contributed by atoms with E-state index in [1.807, 2.05) is 13.8 Å². The molecule has 2 aromatic rings. The second-order valence-corrected chi connectivity index (χ2v) is 4.83. The summed E-state index contributed by atoms with van der Waals surface area (Å²) in [6.45, 7) is 3.82. The van der Waals surface area contributed by atoms with E-state index >= 15 is 0 Å². The molecule has 0 unspecified atom stereocenters. The van der Waals surface area contributed by atoms with Crippen LogP contribution in [0.25, 0.3) is 5.69 Å². The maximum Gasteiger partial charge on any atom is 0.356 e. The van der Waals surface area contributed by atoms with Crippen molar-refractivity contribution in [1.29, 1.82) is 0 Å². The summed E-state index contributed by atoms with van der Waals surface area (Å²) in [4.78, 5) is 11.0. The van der Waals surface area contributed by atoms with Gasteiger partial charge in [-0.3, -0.25) is 0 Å². The molecule has 2 rings (SSSR count). The predicted octanol–water partition coefficient (Wildman–Crippen LogP) is 3.49. The van der Waals surface area contributed by atoms with Crippen molar-refractivity contribution in [2.45, 2.75) is 19.8 Å². The Hall–Kier alpha value is -1.88. The fourth-order valence-electron chi connectivity index (χ4n) is 1.73. The Balaban J connectivity index is 2.59. The van der Waals surface area contributed by atoms with Crippen LogP contribution in [-0.4, -0.2) is 20.9 Å². The average molecular weight is 283 g/mol. The Morgan fingerprint density at radius 3 is 2.63 bits per heavy atom. The van der Waals surface area contributed by atoms with E-state index < -0.39 is 11.8 Å². The minimum Gasteiger partial charge on any atom is -0.476 e. The second kappa shape index (κ2) is 5.01. The molecule has 0 bridgehead atoms. The van der Waals surface area contributed by atoms with Gasteiger partial charge in [0.15, 0.2) is 5.69 Å². The third-order valence-corrected chi connectivity index (χ3v) is 3.00. The van der Waals surface area contributed by atoms with Crippen molar-refractivity contribution in [2.75, 3.05) is 0 Å².